The second-order valence-electron chi connectivity index (χ2n) is 1.65. The number of H-pyrrole nitrogens is 2. The Hall–Kier alpha value is -1.25. The van der Waals surface area contributed by atoms with Gasteiger partial charge in [0, 0.05) is 6.20 Å². The third-order valence-electron chi connectivity index (χ3n) is 1.12. The molecule has 2 aromatic rings. The minimum absolute atomic E-state index is 0.938. The van der Waals surface area contributed by atoms with Gasteiger partial charge in [-0.3, -0.25) is 10.2 Å². The Morgan fingerprint density at radius 2 is 2.38 bits per heavy atom. The minimum Gasteiger partial charge on any atom is -0.296 e. The Kier molecular flexibility index (Phi) is 0.521. The van der Waals surface area contributed by atoms with Gasteiger partial charge in [0.1, 0.15) is 0 Å². The third-order valence-corrected chi connectivity index (χ3v) is 1.12. The summed E-state index contributed by atoms with van der Waals surface area (Å²) in [6, 6.07) is 3.87. The van der Waals surface area contributed by atoms with Crippen LogP contribution in [0.1, 0.15) is 0 Å². The standard InChI is InChI=1S/C5H5N3/c1-2-4-5(6-3-1)8-7-4/h1-3,7H,(H,6,8). The van der Waals surface area contributed by atoms with Gasteiger partial charge in [-0.1, -0.05) is 0 Å². The number of aromatic nitrogens is 3. The summed E-state index contributed by atoms with van der Waals surface area (Å²) >= 11 is 0. The molecule has 3 nitrogen and oxygen atoms in total. The van der Waals surface area contributed by atoms with Crippen molar-refractivity contribution in [3.8, 4) is 0 Å². The molecule has 0 atom stereocenters. The molecule has 0 unspecified atom stereocenters. The van der Waals surface area contributed by atoms with E-state index < -0.39 is 0 Å². The molecule has 0 saturated heterocycles. The topological polar surface area (TPSA) is 44.5 Å². The highest BCUT2D eigenvalue weighted by Gasteiger charge is 1.91. The summed E-state index contributed by atoms with van der Waals surface area (Å²) < 4.78 is 0. The maximum Gasteiger partial charge on any atom is 0.169 e. The molecule has 0 spiro atoms. The van der Waals surface area contributed by atoms with Crippen molar-refractivity contribution in [2.45, 2.75) is 0 Å². The van der Waals surface area contributed by atoms with Crippen LogP contribution in [-0.4, -0.2) is 15.2 Å². The maximum absolute atomic E-state index is 3.99. The molecule has 2 heterocycles. The molecule has 0 aliphatic carbocycles. The van der Waals surface area contributed by atoms with E-state index in [0.29, 0.717) is 0 Å². The molecule has 0 aromatic carbocycles. The van der Waals surface area contributed by atoms with Crippen molar-refractivity contribution in [3.05, 3.63) is 18.3 Å². The van der Waals surface area contributed by atoms with Crippen molar-refractivity contribution in [1.29, 1.82) is 0 Å². The van der Waals surface area contributed by atoms with Gasteiger partial charge in [0.05, 0.1) is 5.52 Å². The number of rotatable bonds is 0. The second kappa shape index (κ2) is 1.12. The van der Waals surface area contributed by atoms with Gasteiger partial charge in [-0.15, -0.1) is 0 Å². The molecule has 0 fully saturated rings. The molecule has 2 aromatic heterocycles. The van der Waals surface area contributed by atoms with E-state index in [1.165, 1.54) is 0 Å². The monoisotopic (exact) mass is 107 g/mol. The van der Waals surface area contributed by atoms with E-state index >= 15 is 0 Å². The van der Waals surface area contributed by atoms with Crippen LogP contribution in [0.25, 0.3) is 11.2 Å². The van der Waals surface area contributed by atoms with Crippen LogP contribution < -0.4 is 0 Å². The summed E-state index contributed by atoms with van der Waals surface area (Å²) in [5.74, 6) is 0. The number of aromatic amines is 2. The Balaban J connectivity index is 2.88. The van der Waals surface area contributed by atoms with Crippen LogP contribution in [-0.2, 0) is 0 Å². The minimum atomic E-state index is 0.938. The summed E-state index contributed by atoms with van der Waals surface area (Å²) in [5, 5.41) is 5.70. The molecule has 0 saturated carbocycles. The summed E-state index contributed by atoms with van der Waals surface area (Å²) in [6.07, 6.45) is 1.76. The van der Waals surface area contributed by atoms with Crippen LogP contribution in [0.2, 0.25) is 0 Å². The van der Waals surface area contributed by atoms with Crippen LogP contribution in [0.5, 0.6) is 0 Å². The molecule has 3 heteroatoms. The van der Waals surface area contributed by atoms with Crippen molar-refractivity contribution in [3.63, 3.8) is 0 Å². The van der Waals surface area contributed by atoms with Crippen LogP contribution in [0.4, 0.5) is 0 Å². The highest BCUT2D eigenvalue weighted by Crippen LogP contribution is 2.02. The fourth-order valence-electron chi connectivity index (χ4n) is 0.670. The number of pyridine rings is 1. The molecule has 8 heavy (non-hydrogen) atoms. The molecule has 0 bridgehead atoms. The number of fused-ring (bicyclic) bond motifs is 1. The van der Waals surface area contributed by atoms with E-state index in [0.717, 1.165) is 11.2 Å². The SMILES string of the molecule is c1cnc2[nH][nH]c2c1. The molecule has 2 rings (SSSR count). The predicted molar refractivity (Wildman–Crippen MR) is 30.4 cm³/mol. The molecule has 0 aliphatic rings. The predicted octanol–water partition coefficient (Wildman–Crippen LogP) is 0.891. The van der Waals surface area contributed by atoms with Crippen LogP contribution in [0.15, 0.2) is 18.3 Å². The second-order valence-corrected chi connectivity index (χ2v) is 1.65. The van der Waals surface area contributed by atoms with Gasteiger partial charge in [0.25, 0.3) is 0 Å². The Bertz CT molecular complexity index is 250. The van der Waals surface area contributed by atoms with Crippen molar-refractivity contribution >= 4 is 11.2 Å². The highest BCUT2D eigenvalue weighted by molar-refractivity contribution is 5.70. The Morgan fingerprint density at radius 3 is 2.75 bits per heavy atom. The average molecular weight is 107 g/mol. The molecule has 0 amide bonds. The Morgan fingerprint density at radius 1 is 1.38 bits per heavy atom. The zero-order valence-electron chi connectivity index (χ0n) is 4.18. The van der Waals surface area contributed by atoms with E-state index in [4.69, 9.17) is 0 Å². The summed E-state index contributed by atoms with van der Waals surface area (Å²) in [5.41, 5.74) is 2.01. The van der Waals surface area contributed by atoms with Gasteiger partial charge in [0.15, 0.2) is 5.65 Å². The van der Waals surface area contributed by atoms with Crippen molar-refractivity contribution in [2.24, 2.45) is 0 Å². The van der Waals surface area contributed by atoms with Crippen LogP contribution >= 0.6 is 0 Å². The summed E-state index contributed by atoms with van der Waals surface area (Å²) in [6.45, 7) is 0. The zero-order chi connectivity index (χ0) is 5.40. The lowest BCUT2D eigenvalue weighted by atomic mass is 10.4. The van der Waals surface area contributed by atoms with Gasteiger partial charge < -0.3 is 0 Å². The first-order valence-electron chi connectivity index (χ1n) is 2.44. The first kappa shape index (κ1) is 3.72. The molecule has 0 radical (unpaired) electrons. The average Bonchev–Trinajstić information content (AvgIpc) is 1.72. The summed E-state index contributed by atoms with van der Waals surface area (Å²) in [4.78, 5) is 3.99. The molecular weight excluding hydrogens is 102 g/mol. The smallest absolute Gasteiger partial charge is 0.169 e. The maximum atomic E-state index is 3.99. The largest absolute Gasteiger partial charge is 0.296 e. The molecule has 0 aliphatic heterocycles. The Labute approximate surface area is 45.7 Å². The van der Waals surface area contributed by atoms with E-state index in [1.807, 2.05) is 12.1 Å². The fourth-order valence-corrected chi connectivity index (χ4v) is 0.670. The lowest BCUT2D eigenvalue weighted by Gasteiger charge is -1.98. The molecule has 2 N–H and O–H groups in total. The van der Waals surface area contributed by atoms with Crippen LogP contribution in [0.3, 0.4) is 0 Å². The first-order chi connectivity index (χ1) is 3.97. The normalized spacial score (nSPS) is 10.5. The van der Waals surface area contributed by atoms with Gasteiger partial charge >= 0.3 is 0 Å². The zero-order valence-corrected chi connectivity index (χ0v) is 4.18. The van der Waals surface area contributed by atoms with Gasteiger partial charge in [-0.25, -0.2) is 4.98 Å². The number of nitrogens with zero attached hydrogens (tertiary/aromatic N) is 1. The number of nitrogens with one attached hydrogen (secondary N) is 2. The highest BCUT2D eigenvalue weighted by atomic mass is 15.2. The van der Waals surface area contributed by atoms with Crippen molar-refractivity contribution in [2.75, 3.05) is 0 Å². The number of hydrogen-bond acceptors (Lipinski definition) is 1. The van der Waals surface area contributed by atoms with Gasteiger partial charge in [-0.05, 0) is 12.1 Å². The summed E-state index contributed by atoms with van der Waals surface area (Å²) in [7, 11) is 0. The van der Waals surface area contributed by atoms with Gasteiger partial charge in [0.2, 0.25) is 0 Å². The quantitative estimate of drug-likeness (QED) is 0.516. The van der Waals surface area contributed by atoms with Crippen LogP contribution in [0, 0.1) is 0 Å². The van der Waals surface area contributed by atoms with E-state index in [1.54, 1.807) is 6.20 Å². The lowest BCUT2D eigenvalue weighted by Crippen LogP contribution is -1.91. The van der Waals surface area contributed by atoms with Crippen molar-refractivity contribution < 1.29 is 0 Å². The van der Waals surface area contributed by atoms with E-state index in [9.17, 15) is 0 Å². The fraction of sp³-hybridized carbons (Fsp3) is 0. The number of hydrogen-bond donors (Lipinski definition) is 2. The molecular formula is C5H5N3. The van der Waals surface area contributed by atoms with E-state index in [2.05, 4.69) is 15.2 Å². The van der Waals surface area contributed by atoms with Gasteiger partial charge in [-0.2, -0.15) is 0 Å². The molecule has 40 valence electrons. The van der Waals surface area contributed by atoms with Crippen molar-refractivity contribution in [1.82, 2.24) is 15.2 Å². The first-order valence-corrected chi connectivity index (χ1v) is 2.44. The lowest BCUT2D eigenvalue weighted by molar-refractivity contribution is 1.03. The third kappa shape index (κ3) is 0.307. The van der Waals surface area contributed by atoms with E-state index in [-0.39, 0.29) is 0 Å².